The molecule has 5 heteroatoms. The Morgan fingerprint density at radius 2 is 1.88 bits per heavy atom. The Hall–Kier alpha value is -0.390. The van der Waals surface area contributed by atoms with Gasteiger partial charge in [0, 0.05) is 18.4 Å². The third-order valence-corrected chi connectivity index (χ3v) is 5.67. The zero-order valence-electron chi connectivity index (χ0n) is 10.1. The molecule has 0 heterocycles. The standard InChI is InChI=1S/C12H18BrNO2S/c1-11(10-13)14(2)17(15,16)9-8-12-6-4-3-5-7-12/h3-7,11H,8-10H2,1-2H3. The van der Waals surface area contributed by atoms with Gasteiger partial charge in [0.1, 0.15) is 0 Å². The van der Waals surface area contributed by atoms with Crippen LogP contribution in [0.5, 0.6) is 0 Å². The molecule has 0 fully saturated rings. The van der Waals surface area contributed by atoms with Gasteiger partial charge in [0.25, 0.3) is 0 Å². The fraction of sp³-hybridized carbons (Fsp3) is 0.500. The van der Waals surface area contributed by atoms with Crippen molar-refractivity contribution in [2.45, 2.75) is 19.4 Å². The minimum absolute atomic E-state index is 0.0178. The number of rotatable bonds is 6. The van der Waals surface area contributed by atoms with Crippen LogP contribution < -0.4 is 0 Å². The molecule has 0 aliphatic carbocycles. The lowest BCUT2D eigenvalue weighted by Crippen LogP contribution is -2.38. The lowest BCUT2D eigenvalue weighted by molar-refractivity contribution is 0.416. The first-order valence-corrected chi connectivity index (χ1v) is 8.26. The molecular formula is C12H18BrNO2S. The van der Waals surface area contributed by atoms with E-state index in [4.69, 9.17) is 0 Å². The first-order chi connectivity index (χ1) is 7.97. The fourth-order valence-electron chi connectivity index (χ4n) is 1.41. The SMILES string of the molecule is CC(CBr)N(C)S(=O)(=O)CCc1ccccc1. The van der Waals surface area contributed by atoms with Crippen molar-refractivity contribution in [2.75, 3.05) is 18.1 Å². The predicted molar refractivity (Wildman–Crippen MR) is 75.0 cm³/mol. The molecule has 0 amide bonds. The molecule has 17 heavy (non-hydrogen) atoms. The molecule has 1 aromatic rings. The molecule has 0 bridgehead atoms. The summed E-state index contributed by atoms with van der Waals surface area (Å²) in [5.74, 6) is 0.158. The normalized spacial score (nSPS) is 13.9. The Balaban J connectivity index is 2.62. The number of hydrogen-bond acceptors (Lipinski definition) is 2. The van der Waals surface area contributed by atoms with E-state index in [0.29, 0.717) is 11.8 Å². The summed E-state index contributed by atoms with van der Waals surface area (Å²) in [6.45, 7) is 1.88. The highest BCUT2D eigenvalue weighted by Gasteiger charge is 2.21. The van der Waals surface area contributed by atoms with Gasteiger partial charge in [-0.3, -0.25) is 0 Å². The Bertz CT molecular complexity index is 433. The first kappa shape index (κ1) is 14.7. The first-order valence-electron chi connectivity index (χ1n) is 5.53. The summed E-state index contributed by atoms with van der Waals surface area (Å²) in [6, 6.07) is 9.65. The zero-order chi connectivity index (χ0) is 12.9. The van der Waals surface area contributed by atoms with E-state index < -0.39 is 10.0 Å². The van der Waals surface area contributed by atoms with Crippen LogP contribution in [0.25, 0.3) is 0 Å². The van der Waals surface area contributed by atoms with E-state index >= 15 is 0 Å². The van der Waals surface area contributed by atoms with E-state index in [1.165, 1.54) is 4.31 Å². The van der Waals surface area contributed by atoms with Gasteiger partial charge < -0.3 is 0 Å². The number of benzene rings is 1. The number of aryl methyl sites for hydroxylation is 1. The van der Waals surface area contributed by atoms with Crippen molar-refractivity contribution in [1.29, 1.82) is 0 Å². The summed E-state index contributed by atoms with van der Waals surface area (Å²) in [4.78, 5) is 0. The summed E-state index contributed by atoms with van der Waals surface area (Å²) in [5, 5.41) is 0.647. The van der Waals surface area contributed by atoms with Crippen LogP contribution in [0.3, 0.4) is 0 Å². The second kappa shape index (κ2) is 6.52. The minimum Gasteiger partial charge on any atom is -0.212 e. The summed E-state index contributed by atoms with van der Waals surface area (Å²) >= 11 is 3.30. The molecule has 1 atom stereocenters. The maximum atomic E-state index is 12.0. The van der Waals surface area contributed by atoms with Crippen molar-refractivity contribution in [3.05, 3.63) is 35.9 Å². The van der Waals surface area contributed by atoms with Crippen LogP contribution in [-0.4, -0.2) is 36.9 Å². The summed E-state index contributed by atoms with van der Waals surface area (Å²) in [7, 11) is -1.54. The molecule has 0 radical (unpaired) electrons. The van der Waals surface area contributed by atoms with Crippen LogP contribution in [0.4, 0.5) is 0 Å². The highest BCUT2D eigenvalue weighted by molar-refractivity contribution is 9.09. The monoisotopic (exact) mass is 319 g/mol. The van der Waals surface area contributed by atoms with Crippen molar-refractivity contribution in [3.8, 4) is 0 Å². The molecular weight excluding hydrogens is 302 g/mol. The van der Waals surface area contributed by atoms with Crippen LogP contribution in [0.15, 0.2) is 30.3 Å². The maximum absolute atomic E-state index is 12.0. The second-order valence-corrected chi connectivity index (χ2v) is 6.87. The lowest BCUT2D eigenvalue weighted by Gasteiger charge is -2.22. The van der Waals surface area contributed by atoms with Gasteiger partial charge in [-0.25, -0.2) is 12.7 Å². The second-order valence-electron chi connectivity index (χ2n) is 4.07. The van der Waals surface area contributed by atoms with Crippen molar-refractivity contribution in [2.24, 2.45) is 0 Å². The van der Waals surface area contributed by atoms with Crippen LogP contribution in [0.1, 0.15) is 12.5 Å². The molecule has 0 saturated carbocycles. The van der Waals surface area contributed by atoms with Crippen molar-refractivity contribution < 1.29 is 8.42 Å². The molecule has 0 aliphatic heterocycles. The van der Waals surface area contributed by atoms with Crippen molar-refractivity contribution >= 4 is 26.0 Å². The topological polar surface area (TPSA) is 37.4 Å². The van der Waals surface area contributed by atoms with E-state index in [2.05, 4.69) is 15.9 Å². The third-order valence-electron chi connectivity index (χ3n) is 2.77. The number of sulfonamides is 1. The molecule has 3 nitrogen and oxygen atoms in total. The largest absolute Gasteiger partial charge is 0.214 e. The van der Waals surface area contributed by atoms with E-state index in [1.807, 2.05) is 37.3 Å². The van der Waals surface area contributed by atoms with E-state index in [0.717, 1.165) is 5.56 Å². The van der Waals surface area contributed by atoms with Gasteiger partial charge in [-0.2, -0.15) is 0 Å². The van der Waals surface area contributed by atoms with Crippen molar-refractivity contribution in [3.63, 3.8) is 0 Å². The highest BCUT2D eigenvalue weighted by atomic mass is 79.9. The average Bonchev–Trinajstić information content (AvgIpc) is 2.36. The van der Waals surface area contributed by atoms with Crippen LogP contribution in [0.2, 0.25) is 0 Å². The summed E-state index contributed by atoms with van der Waals surface area (Å²) in [5.41, 5.74) is 1.05. The Labute approximate surface area is 112 Å². The van der Waals surface area contributed by atoms with Gasteiger partial charge in [-0.1, -0.05) is 46.3 Å². The number of alkyl halides is 1. The predicted octanol–water partition coefficient (Wildman–Crippen LogP) is 2.27. The quantitative estimate of drug-likeness (QED) is 0.754. The van der Waals surface area contributed by atoms with Crippen LogP contribution in [0, 0.1) is 0 Å². The molecule has 0 aromatic heterocycles. The fourth-order valence-corrected chi connectivity index (χ4v) is 3.44. The number of nitrogens with zero attached hydrogens (tertiary/aromatic N) is 1. The minimum atomic E-state index is -3.17. The van der Waals surface area contributed by atoms with E-state index in [9.17, 15) is 8.42 Å². The number of halogens is 1. The summed E-state index contributed by atoms with van der Waals surface area (Å²) < 4.78 is 25.5. The molecule has 1 aromatic carbocycles. The van der Waals surface area contributed by atoms with Gasteiger partial charge in [0.15, 0.2) is 0 Å². The molecule has 0 spiro atoms. The zero-order valence-corrected chi connectivity index (χ0v) is 12.5. The molecule has 1 unspecified atom stereocenters. The molecule has 0 aliphatic rings. The molecule has 0 N–H and O–H groups in total. The highest BCUT2D eigenvalue weighted by Crippen LogP contribution is 2.09. The Morgan fingerprint density at radius 1 is 1.29 bits per heavy atom. The average molecular weight is 320 g/mol. The number of hydrogen-bond donors (Lipinski definition) is 0. The lowest BCUT2D eigenvalue weighted by atomic mass is 10.2. The van der Waals surface area contributed by atoms with E-state index in [1.54, 1.807) is 7.05 Å². The van der Waals surface area contributed by atoms with Gasteiger partial charge in [0.05, 0.1) is 5.75 Å². The van der Waals surface area contributed by atoms with Crippen LogP contribution >= 0.6 is 15.9 Å². The maximum Gasteiger partial charge on any atom is 0.214 e. The summed E-state index contributed by atoms with van der Waals surface area (Å²) in [6.07, 6.45) is 0.558. The molecule has 0 saturated heterocycles. The van der Waals surface area contributed by atoms with Gasteiger partial charge in [0.2, 0.25) is 10.0 Å². The van der Waals surface area contributed by atoms with Crippen molar-refractivity contribution in [1.82, 2.24) is 4.31 Å². The molecule has 96 valence electrons. The smallest absolute Gasteiger partial charge is 0.212 e. The van der Waals surface area contributed by atoms with Crippen LogP contribution in [-0.2, 0) is 16.4 Å². The van der Waals surface area contributed by atoms with Gasteiger partial charge in [-0.15, -0.1) is 0 Å². The third kappa shape index (κ3) is 4.41. The van der Waals surface area contributed by atoms with E-state index in [-0.39, 0.29) is 11.8 Å². The Kier molecular flexibility index (Phi) is 5.62. The van der Waals surface area contributed by atoms with Gasteiger partial charge in [-0.05, 0) is 18.9 Å². The van der Waals surface area contributed by atoms with Gasteiger partial charge >= 0.3 is 0 Å². The Morgan fingerprint density at radius 3 is 2.41 bits per heavy atom. The molecule has 1 rings (SSSR count).